The van der Waals surface area contributed by atoms with Crippen molar-refractivity contribution in [2.24, 2.45) is 11.7 Å². The second-order valence-corrected chi connectivity index (χ2v) is 3.79. The zero-order chi connectivity index (χ0) is 9.84. The summed E-state index contributed by atoms with van der Waals surface area (Å²) in [5.41, 5.74) is 5.40. The molecule has 4 heteroatoms. The maximum atomic E-state index is 10.5. The minimum atomic E-state index is -0.974. The molecule has 1 saturated carbocycles. The van der Waals surface area contributed by atoms with E-state index in [0.717, 1.165) is 25.7 Å². The van der Waals surface area contributed by atoms with E-state index in [1.807, 2.05) is 0 Å². The van der Waals surface area contributed by atoms with Crippen LogP contribution >= 0.6 is 0 Å². The van der Waals surface area contributed by atoms with Crippen LogP contribution in [0.4, 0.5) is 0 Å². The minimum Gasteiger partial charge on any atom is -0.480 e. The minimum absolute atomic E-state index is 0.0832. The van der Waals surface area contributed by atoms with E-state index in [4.69, 9.17) is 10.8 Å². The molecule has 0 bridgehead atoms. The summed E-state index contributed by atoms with van der Waals surface area (Å²) >= 11 is 0. The molecular weight excluding hydrogens is 170 g/mol. The monoisotopic (exact) mass is 187 g/mol. The summed E-state index contributed by atoms with van der Waals surface area (Å²) in [6, 6.07) is -0.822. The number of hydrogen-bond donors (Lipinski definition) is 3. The molecule has 4 nitrogen and oxygen atoms in total. The maximum absolute atomic E-state index is 10.5. The summed E-state index contributed by atoms with van der Waals surface area (Å²) in [4.78, 5) is 10.5. The van der Waals surface area contributed by atoms with Crippen molar-refractivity contribution >= 4 is 5.97 Å². The maximum Gasteiger partial charge on any atom is 0.320 e. The van der Waals surface area contributed by atoms with Crippen LogP contribution in [-0.2, 0) is 4.79 Å². The molecule has 0 amide bonds. The van der Waals surface area contributed by atoms with Gasteiger partial charge in [0.15, 0.2) is 0 Å². The first-order chi connectivity index (χ1) is 6.11. The molecule has 1 aliphatic carbocycles. The third kappa shape index (κ3) is 2.97. The lowest BCUT2D eigenvalue weighted by atomic mass is 9.82. The summed E-state index contributed by atoms with van der Waals surface area (Å²) < 4.78 is 0. The van der Waals surface area contributed by atoms with Gasteiger partial charge in [0, 0.05) is 0 Å². The van der Waals surface area contributed by atoms with Gasteiger partial charge < -0.3 is 15.9 Å². The summed E-state index contributed by atoms with van der Waals surface area (Å²) in [7, 11) is 0. The molecule has 76 valence electrons. The number of aliphatic hydroxyl groups is 1. The molecule has 1 fully saturated rings. The van der Waals surface area contributed by atoms with Crippen molar-refractivity contribution in [1.82, 2.24) is 0 Å². The first-order valence-electron chi connectivity index (χ1n) is 4.77. The van der Waals surface area contributed by atoms with E-state index in [-0.39, 0.29) is 12.0 Å². The van der Waals surface area contributed by atoms with Gasteiger partial charge in [-0.3, -0.25) is 4.79 Å². The largest absolute Gasteiger partial charge is 0.480 e. The van der Waals surface area contributed by atoms with E-state index >= 15 is 0 Å². The highest BCUT2D eigenvalue weighted by molar-refractivity contribution is 5.73. The standard InChI is InChI=1S/C9H17NO3/c10-7(9(12)13)5-6-3-1-2-4-8(6)11/h6-8,11H,1-5,10H2,(H,12,13). The lowest BCUT2D eigenvalue weighted by molar-refractivity contribution is -0.139. The average molecular weight is 187 g/mol. The third-order valence-corrected chi connectivity index (χ3v) is 2.74. The highest BCUT2D eigenvalue weighted by Crippen LogP contribution is 2.27. The van der Waals surface area contributed by atoms with Crippen molar-refractivity contribution in [2.75, 3.05) is 0 Å². The molecular formula is C9H17NO3. The zero-order valence-corrected chi connectivity index (χ0v) is 7.65. The molecule has 0 heterocycles. The van der Waals surface area contributed by atoms with E-state index in [2.05, 4.69) is 0 Å². The Labute approximate surface area is 77.7 Å². The number of aliphatic carboxylic acids is 1. The second kappa shape index (κ2) is 4.58. The molecule has 0 aromatic heterocycles. The first-order valence-corrected chi connectivity index (χ1v) is 4.77. The zero-order valence-electron chi connectivity index (χ0n) is 7.65. The van der Waals surface area contributed by atoms with Gasteiger partial charge in [-0.15, -0.1) is 0 Å². The topological polar surface area (TPSA) is 83.5 Å². The number of rotatable bonds is 3. The van der Waals surface area contributed by atoms with Gasteiger partial charge in [-0.2, -0.15) is 0 Å². The van der Waals surface area contributed by atoms with E-state index in [1.54, 1.807) is 0 Å². The van der Waals surface area contributed by atoms with Crippen LogP contribution in [0.2, 0.25) is 0 Å². The molecule has 3 atom stereocenters. The van der Waals surface area contributed by atoms with Gasteiger partial charge in [-0.25, -0.2) is 0 Å². The lowest BCUT2D eigenvalue weighted by Crippen LogP contribution is -2.36. The fourth-order valence-corrected chi connectivity index (χ4v) is 1.89. The molecule has 0 saturated heterocycles. The molecule has 13 heavy (non-hydrogen) atoms. The molecule has 0 radical (unpaired) electrons. The van der Waals surface area contributed by atoms with Gasteiger partial charge in [-0.05, 0) is 25.2 Å². The van der Waals surface area contributed by atoms with Crippen molar-refractivity contribution in [3.63, 3.8) is 0 Å². The SMILES string of the molecule is NC(CC1CCCCC1O)C(=O)O. The number of hydrogen-bond acceptors (Lipinski definition) is 3. The molecule has 1 rings (SSSR count). The van der Waals surface area contributed by atoms with Crippen molar-refractivity contribution in [3.05, 3.63) is 0 Å². The van der Waals surface area contributed by atoms with Gasteiger partial charge in [0.05, 0.1) is 6.10 Å². The number of carboxylic acid groups (broad SMARTS) is 1. The van der Waals surface area contributed by atoms with E-state index < -0.39 is 12.0 Å². The first kappa shape index (κ1) is 10.5. The predicted molar refractivity (Wildman–Crippen MR) is 48.2 cm³/mol. The summed E-state index contributed by atoms with van der Waals surface area (Å²) in [6.07, 6.45) is 3.86. The summed E-state index contributed by atoms with van der Waals surface area (Å²) in [6.45, 7) is 0. The van der Waals surface area contributed by atoms with Crippen molar-refractivity contribution < 1.29 is 15.0 Å². The normalized spacial score (nSPS) is 31.2. The molecule has 1 aliphatic rings. The quantitative estimate of drug-likeness (QED) is 0.595. The number of nitrogens with two attached hydrogens (primary N) is 1. The Morgan fingerprint density at radius 3 is 2.62 bits per heavy atom. The summed E-state index contributed by atoms with van der Waals surface area (Å²) in [5.74, 6) is -0.891. The van der Waals surface area contributed by atoms with Crippen LogP contribution in [0.25, 0.3) is 0 Å². The third-order valence-electron chi connectivity index (χ3n) is 2.74. The summed E-state index contributed by atoms with van der Waals surface area (Å²) in [5, 5.41) is 18.1. The number of aliphatic hydroxyl groups excluding tert-OH is 1. The Hall–Kier alpha value is -0.610. The van der Waals surface area contributed by atoms with Crippen LogP contribution in [0.5, 0.6) is 0 Å². The van der Waals surface area contributed by atoms with Crippen LogP contribution in [0, 0.1) is 5.92 Å². The van der Waals surface area contributed by atoms with Gasteiger partial charge in [0.1, 0.15) is 6.04 Å². The predicted octanol–water partition coefficient (Wildman–Crippen LogP) is 0.339. The fourth-order valence-electron chi connectivity index (χ4n) is 1.89. The van der Waals surface area contributed by atoms with Crippen LogP contribution in [0.1, 0.15) is 32.1 Å². The van der Waals surface area contributed by atoms with Crippen LogP contribution in [-0.4, -0.2) is 28.3 Å². The van der Waals surface area contributed by atoms with E-state index in [0.29, 0.717) is 6.42 Å². The smallest absolute Gasteiger partial charge is 0.320 e. The Kier molecular flexibility index (Phi) is 3.69. The Morgan fingerprint density at radius 1 is 1.46 bits per heavy atom. The highest BCUT2D eigenvalue weighted by atomic mass is 16.4. The van der Waals surface area contributed by atoms with Gasteiger partial charge in [0.2, 0.25) is 0 Å². The average Bonchev–Trinajstić information content (AvgIpc) is 2.08. The second-order valence-electron chi connectivity index (χ2n) is 3.79. The van der Waals surface area contributed by atoms with Gasteiger partial charge in [0.25, 0.3) is 0 Å². The fraction of sp³-hybridized carbons (Fsp3) is 0.889. The van der Waals surface area contributed by atoms with Gasteiger partial charge in [-0.1, -0.05) is 12.8 Å². The van der Waals surface area contributed by atoms with Crippen LogP contribution < -0.4 is 5.73 Å². The van der Waals surface area contributed by atoms with Crippen LogP contribution in [0.3, 0.4) is 0 Å². The Balaban J connectivity index is 2.37. The highest BCUT2D eigenvalue weighted by Gasteiger charge is 2.26. The van der Waals surface area contributed by atoms with Gasteiger partial charge >= 0.3 is 5.97 Å². The van der Waals surface area contributed by atoms with Crippen molar-refractivity contribution in [1.29, 1.82) is 0 Å². The Morgan fingerprint density at radius 2 is 2.08 bits per heavy atom. The van der Waals surface area contributed by atoms with E-state index in [9.17, 15) is 9.90 Å². The molecule has 3 unspecified atom stereocenters. The van der Waals surface area contributed by atoms with E-state index in [1.165, 1.54) is 0 Å². The Bertz CT molecular complexity index is 184. The number of carbonyl (C=O) groups is 1. The van der Waals surface area contributed by atoms with Crippen molar-refractivity contribution in [2.45, 2.75) is 44.2 Å². The molecule has 0 aromatic carbocycles. The molecule has 4 N–H and O–H groups in total. The molecule has 0 aliphatic heterocycles. The number of carboxylic acids is 1. The molecule has 0 spiro atoms. The molecule has 0 aromatic rings. The van der Waals surface area contributed by atoms with Crippen molar-refractivity contribution in [3.8, 4) is 0 Å². The lowest BCUT2D eigenvalue weighted by Gasteiger charge is -2.28. The van der Waals surface area contributed by atoms with Crippen LogP contribution in [0.15, 0.2) is 0 Å².